The van der Waals surface area contributed by atoms with Crippen LogP contribution in [0.25, 0.3) is 22.4 Å². The SMILES string of the molecule is Cc1cccc(NC(=O)C2CCN(c3ncc(-c4ccccc4)c(-c4ccccc4)n3)CC2)n1. The van der Waals surface area contributed by atoms with Crippen LogP contribution in [0.1, 0.15) is 18.5 Å². The summed E-state index contributed by atoms with van der Waals surface area (Å²) in [6, 6.07) is 26.1. The summed E-state index contributed by atoms with van der Waals surface area (Å²) < 4.78 is 0. The molecule has 4 aromatic rings. The van der Waals surface area contributed by atoms with Gasteiger partial charge in [-0.3, -0.25) is 4.79 Å². The van der Waals surface area contributed by atoms with Gasteiger partial charge in [0.1, 0.15) is 5.82 Å². The Morgan fingerprint density at radius 2 is 1.53 bits per heavy atom. The molecule has 3 heterocycles. The average molecular weight is 450 g/mol. The summed E-state index contributed by atoms with van der Waals surface area (Å²) in [6.07, 6.45) is 3.42. The first-order chi connectivity index (χ1) is 16.7. The maximum absolute atomic E-state index is 12.8. The van der Waals surface area contributed by atoms with Crippen molar-refractivity contribution >= 4 is 17.7 Å². The quantitative estimate of drug-likeness (QED) is 0.444. The zero-order valence-corrected chi connectivity index (χ0v) is 19.2. The molecule has 1 aliphatic rings. The van der Waals surface area contributed by atoms with Gasteiger partial charge < -0.3 is 10.2 Å². The Balaban J connectivity index is 1.33. The van der Waals surface area contributed by atoms with E-state index in [0.717, 1.165) is 54.0 Å². The van der Waals surface area contributed by atoms with Gasteiger partial charge in [0.05, 0.1) is 5.69 Å². The summed E-state index contributed by atoms with van der Waals surface area (Å²) in [5.41, 5.74) is 4.97. The van der Waals surface area contributed by atoms with Crippen LogP contribution in [0.15, 0.2) is 85.1 Å². The lowest BCUT2D eigenvalue weighted by Gasteiger charge is -2.31. The molecule has 1 aliphatic heterocycles. The Morgan fingerprint density at radius 1 is 0.853 bits per heavy atom. The van der Waals surface area contributed by atoms with Crippen LogP contribution in [-0.2, 0) is 4.79 Å². The number of piperidine rings is 1. The van der Waals surface area contributed by atoms with Crippen molar-refractivity contribution in [2.75, 3.05) is 23.3 Å². The van der Waals surface area contributed by atoms with Crippen LogP contribution in [0.2, 0.25) is 0 Å². The number of anilines is 2. The third-order valence-corrected chi connectivity index (χ3v) is 6.20. The summed E-state index contributed by atoms with van der Waals surface area (Å²) in [5.74, 6) is 1.30. The molecule has 1 amide bonds. The van der Waals surface area contributed by atoms with Crippen molar-refractivity contribution < 1.29 is 4.79 Å². The lowest BCUT2D eigenvalue weighted by molar-refractivity contribution is -0.120. The molecular formula is C28H27N5O. The highest BCUT2D eigenvalue weighted by Gasteiger charge is 2.27. The summed E-state index contributed by atoms with van der Waals surface area (Å²) in [7, 11) is 0. The van der Waals surface area contributed by atoms with E-state index in [0.29, 0.717) is 11.8 Å². The van der Waals surface area contributed by atoms with Crippen LogP contribution in [0.5, 0.6) is 0 Å². The summed E-state index contributed by atoms with van der Waals surface area (Å²) in [4.78, 5) is 29.0. The van der Waals surface area contributed by atoms with Gasteiger partial charge in [-0.25, -0.2) is 15.0 Å². The monoisotopic (exact) mass is 449 g/mol. The van der Waals surface area contributed by atoms with E-state index in [1.807, 2.05) is 67.7 Å². The van der Waals surface area contributed by atoms with Crippen molar-refractivity contribution in [2.45, 2.75) is 19.8 Å². The van der Waals surface area contributed by atoms with Crippen molar-refractivity contribution in [3.05, 3.63) is 90.8 Å². The van der Waals surface area contributed by atoms with Crippen LogP contribution < -0.4 is 10.2 Å². The van der Waals surface area contributed by atoms with Gasteiger partial charge in [0.2, 0.25) is 11.9 Å². The van der Waals surface area contributed by atoms with Crippen LogP contribution in [0.4, 0.5) is 11.8 Å². The molecule has 0 saturated carbocycles. The second kappa shape index (κ2) is 9.83. The van der Waals surface area contributed by atoms with E-state index in [4.69, 9.17) is 9.97 Å². The molecular weight excluding hydrogens is 422 g/mol. The highest BCUT2D eigenvalue weighted by atomic mass is 16.1. The molecule has 0 atom stereocenters. The molecule has 170 valence electrons. The molecule has 1 fully saturated rings. The zero-order chi connectivity index (χ0) is 23.3. The fraction of sp³-hybridized carbons (Fsp3) is 0.214. The molecule has 0 aliphatic carbocycles. The second-order valence-corrected chi connectivity index (χ2v) is 8.58. The topological polar surface area (TPSA) is 71.0 Å². The fourth-order valence-corrected chi connectivity index (χ4v) is 4.35. The highest BCUT2D eigenvalue weighted by molar-refractivity contribution is 5.91. The maximum atomic E-state index is 12.8. The molecule has 0 unspecified atom stereocenters. The van der Waals surface area contributed by atoms with Crippen LogP contribution in [-0.4, -0.2) is 33.9 Å². The standard InChI is InChI=1S/C28H27N5O/c1-20-9-8-14-25(30-20)31-27(34)23-15-17-33(18-16-23)28-29-19-24(21-10-4-2-5-11-21)26(32-28)22-12-6-3-7-13-22/h2-14,19,23H,15-18H2,1H3,(H,30,31,34). The molecule has 0 bridgehead atoms. The fourth-order valence-electron chi connectivity index (χ4n) is 4.35. The Kier molecular flexibility index (Phi) is 6.29. The predicted molar refractivity (Wildman–Crippen MR) is 135 cm³/mol. The molecule has 2 aromatic heterocycles. The van der Waals surface area contributed by atoms with Crippen molar-refractivity contribution in [3.8, 4) is 22.4 Å². The number of hydrogen-bond acceptors (Lipinski definition) is 5. The van der Waals surface area contributed by atoms with E-state index in [2.05, 4.69) is 39.5 Å². The van der Waals surface area contributed by atoms with Crippen LogP contribution in [0, 0.1) is 12.8 Å². The van der Waals surface area contributed by atoms with Gasteiger partial charge in [-0.1, -0.05) is 66.7 Å². The van der Waals surface area contributed by atoms with Gasteiger partial charge in [-0.05, 0) is 37.5 Å². The number of hydrogen-bond donors (Lipinski definition) is 1. The first-order valence-electron chi connectivity index (χ1n) is 11.6. The number of carbonyl (C=O) groups excluding carboxylic acids is 1. The van der Waals surface area contributed by atoms with Crippen LogP contribution in [0.3, 0.4) is 0 Å². The Hall–Kier alpha value is -4.06. The number of amides is 1. The summed E-state index contributed by atoms with van der Waals surface area (Å²) >= 11 is 0. The van der Waals surface area contributed by atoms with E-state index in [9.17, 15) is 4.79 Å². The van der Waals surface area contributed by atoms with Gasteiger partial charge in [-0.15, -0.1) is 0 Å². The summed E-state index contributed by atoms with van der Waals surface area (Å²) in [5, 5.41) is 2.96. The molecule has 0 spiro atoms. The van der Waals surface area contributed by atoms with E-state index >= 15 is 0 Å². The zero-order valence-electron chi connectivity index (χ0n) is 19.2. The normalized spacial score (nSPS) is 14.1. The summed E-state index contributed by atoms with van der Waals surface area (Å²) in [6.45, 7) is 3.39. The Morgan fingerprint density at radius 3 is 2.21 bits per heavy atom. The third kappa shape index (κ3) is 4.81. The first kappa shape index (κ1) is 21.8. The largest absolute Gasteiger partial charge is 0.341 e. The van der Waals surface area contributed by atoms with Gasteiger partial charge in [0.25, 0.3) is 0 Å². The van der Waals surface area contributed by atoms with E-state index in [-0.39, 0.29) is 11.8 Å². The number of aromatic nitrogens is 3. The number of nitrogens with zero attached hydrogens (tertiary/aromatic N) is 4. The minimum Gasteiger partial charge on any atom is -0.341 e. The lowest BCUT2D eigenvalue weighted by Crippen LogP contribution is -2.39. The minimum atomic E-state index is -0.0456. The van der Waals surface area contributed by atoms with Gasteiger partial charge >= 0.3 is 0 Å². The number of carbonyl (C=O) groups is 1. The molecule has 5 rings (SSSR count). The van der Waals surface area contributed by atoms with Gasteiger partial charge in [0, 0.05) is 42.0 Å². The van der Waals surface area contributed by atoms with Crippen molar-refractivity contribution in [1.29, 1.82) is 0 Å². The lowest BCUT2D eigenvalue weighted by atomic mass is 9.96. The Bertz CT molecular complexity index is 1270. The van der Waals surface area contributed by atoms with Crippen molar-refractivity contribution in [1.82, 2.24) is 15.0 Å². The van der Waals surface area contributed by atoms with E-state index in [1.54, 1.807) is 0 Å². The average Bonchev–Trinajstić information content (AvgIpc) is 2.89. The van der Waals surface area contributed by atoms with E-state index < -0.39 is 0 Å². The number of rotatable bonds is 5. The number of benzene rings is 2. The number of pyridine rings is 1. The highest BCUT2D eigenvalue weighted by Crippen LogP contribution is 2.32. The Labute approximate surface area is 199 Å². The molecule has 0 radical (unpaired) electrons. The molecule has 1 N–H and O–H groups in total. The minimum absolute atomic E-state index is 0.0306. The van der Waals surface area contributed by atoms with Gasteiger partial charge in [0.15, 0.2) is 0 Å². The maximum Gasteiger partial charge on any atom is 0.228 e. The van der Waals surface area contributed by atoms with Crippen molar-refractivity contribution in [3.63, 3.8) is 0 Å². The van der Waals surface area contributed by atoms with Crippen LogP contribution >= 0.6 is 0 Å². The molecule has 2 aromatic carbocycles. The number of nitrogens with one attached hydrogen (secondary N) is 1. The molecule has 6 heteroatoms. The van der Waals surface area contributed by atoms with Gasteiger partial charge in [-0.2, -0.15) is 0 Å². The van der Waals surface area contributed by atoms with E-state index in [1.165, 1.54) is 0 Å². The second-order valence-electron chi connectivity index (χ2n) is 8.58. The first-order valence-corrected chi connectivity index (χ1v) is 11.6. The predicted octanol–water partition coefficient (Wildman–Crippen LogP) is 5.37. The molecule has 6 nitrogen and oxygen atoms in total. The molecule has 34 heavy (non-hydrogen) atoms. The smallest absolute Gasteiger partial charge is 0.228 e. The third-order valence-electron chi connectivity index (χ3n) is 6.20. The number of aryl methyl sites for hydroxylation is 1. The van der Waals surface area contributed by atoms with Crippen molar-refractivity contribution in [2.24, 2.45) is 5.92 Å². The molecule has 1 saturated heterocycles.